The zero-order valence-corrected chi connectivity index (χ0v) is 11.0. The fourth-order valence-corrected chi connectivity index (χ4v) is 1.47. The van der Waals surface area contributed by atoms with Gasteiger partial charge in [0.2, 0.25) is 11.9 Å². The molecule has 1 N–H and O–H groups in total. The van der Waals surface area contributed by atoms with Gasteiger partial charge >= 0.3 is 0 Å². The molecule has 0 saturated carbocycles. The Hall–Kier alpha value is -1.04. The zero-order valence-electron chi connectivity index (χ0n) is 9.46. The number of unbranched alkanes of at least 4 members (excludes halogenated alkanes) is 1. The average Bonchev–Trinajstić information content (AvgIpc) is 2.24. The second-order valence-corrected chi connectivity index (χ2v) is 4.29. The smallest absolute Gasteiger partial charge is 0.249 e. The number of amides is 1. The number of hydrogen-bond donors (Lipinski definition) is 1. The lowest BCUT2D eigenvalue weighted by Crippen LogP contribution is -2.15. The van der Waals surface area contributed by atoms with Gasteiger partial charge in [0.05, 0.1) is 11.4 Å². The maximum atomic E-state index is 11.4. The molecule has 0 unspecified atom stereocenters. The number of nitrogens with one attached hydrogen (secondary N) is 1. The van der Waals surface area contributed by atoms with Crippen molar-refractivity contribution in [3.63, 3.8) is 0 Å². The molecule has 1 heterocycles. The van der Waals surface area contributed by atoms with Crippen molar-refractivity contribution in [1.82, 2.24) is 15.2 Å². The van der Waals surface area contributed by atoms with Crippen molar-refractivity contribution in [3.05, 3.63) is 11.4 Å². The van der Waals surface area contributed by atoms with Crippen molar-refractivity contribution in [2.75, 3.05) is 10.6 Å². The third-order valence-electron chi connectivity index (χ3n) is 2.13. The standard InChI is InChI=1S/C10H15BrN4O/c1-7-8(2)14-15-10(12-7)13-9(16)5-3-4-6-11/h3-6H2,1-2H3,(H,12,13,15,16). The van der Waals surface area contributed by atoms with Crippen LogP contribution in [0.2, 0.25) is 0 Å². The lowest BCUT2D eigenvalue weighted by Gasteiger charge is -2.04. The summed E-state index contributed by atoms with van der Waals surface area (Å²) in [5.74, 6) is 0.220. The van der Waals surface area contributed by atoms with E-state index in [-0.39, 0.29) is 11.9 Å². The van der Waals surface area contributed by atoms with E-state index in [2.05, 4.69) is 36.4 Å². The van der Waals surface area contributed by atoms with E-state index in [4.69, 9.17) is 0 Å². The highest BCUT2D eigenvalue weighted by Crippen LogP contribution is 2.04. The fourth-order valence-electron chi connectivity index (χ4n) is 1.08. The fraction of sp³-hybridized carbons (Fsp3) is 0.600. The normalized spacial score (nSPS) is 10.2. The minimum absolute atomic E-state index is 0.0639. The minimum atomic E-state index is -0.0639. The number of anilines is 1. The monoisotopic (exact) mass is 286 g/mol. The molecule has 0 aromatic carbocycles. The Balaban J connectivity index is 2.46. The van der Waals surface area contributed by atoms with Gasteiger partial charge in [-0.3, -0.25) is 10.1 Å². The summed E-state index contributed by atoms with van der Waals surface area (Å²) in [6.07, 6.45) is 2.33. The van der Waals surface area contributed by atoms with Gasteiger partial charge in [-0.25, -0.2) is 4.98 Å². The Kier molecular flexibility index (Phi) is 5.31. The second-order valence-electron chi connectivity index (χ2n) is 3.50. The molecule has 0 spiro atoms. The van der Waals surface area contributed by atoms with Crippen LogP contribution in [0.25, 0.3) is 0 Å². The van der Waals surface area contributed by atoms with Gasteiger partial charge in [0.25, 0.3) is 0 Å². The SMILES string of the molecule is Cc1nnc(NC(=O)CCCCBr)nc1C. The van der Waals surface area contributed by atoms with Crippen LogP contribution in [0.3, 0.4) is 0 Å². The van der Waals surface area contributed by atoms with Crippen molar-refractivity contribution in [3.8, 4) is 0 Å². The highest BCUT2D eigenvalue weighted by molar-refractivity contribution is 9.09. The summed E-state index contributed by atoms with van der Waals surface area (Å²) in [5, 5.41) is 11.2. The molecule has 1 aromatic heterocycles. The summed E-state index contributed by atoms with van der Waals surface area (Å²) in [5.41, 5.74) is 1.56. The van der Waals surface area contributed by atoms with Gasteiger partial charge in [-0.15, -0.1) is 5.10 Å². The number of halogens is 1. The number of carbonyl (C=O) groups excluding carboxylic acids is 1. The summed E-state index contributed by atoms with van der Waals surface area (Å²) in [6.45, 7) is 3.67. The molecule has 1 rings (SSSR count). The van der Waals surface area contributed by atoms with Crippen LogP contribution < -0.4 is 5.32 Å². The van der Waals surface area contributed by atoms with E-state index in [1.807, 2.05) is 13.8 Å². The number of alkyl halides is 1. The molecule has 0 atom stereocenters. The Morgan fingerprint density at radius 1 is 1.25 bits per heavy atom. The lowest BCUT2D eigenvalue weighted by atomic mass is 10.2. The highest BCUT2D eigenvalue weighted by atomic mass is 79.9. The predicted octanol–water partition coefficient (Wildman–Crippen LogP) is 1.99. The molecule has 0 aliphatic carbocycles. The number of carbonyl (C=O) groups is 1. The maximum Gasteiger partial charge on any atom is 0.249 e. The Bertz CT molecular complexity index is 370. The summed E-state index contributed by atoms with van der Waals surface area (Å²) in [6, 6.07) is 0. The molecule has 0 fully saturated rings. The number of aryl methyl sites for hydroxylation is 2. The molecule has 88 valence electrons. The van der Waals surface area contributed by atoms with Crippen LogP contribution in [0, 0.1) is 13.8 Å². The first kappa shape index (κ1) is 13.0. The Morgan fingerprint density at radius 2 is 2.00 bits per heavy atom. The van der Waals surface area contributed by atoms with Crippen LogP contribution in [-0.2, 0) is 4.79 Å². The van der Waals surface area contributed by atoms with E-state index in [1.165, 1.54) is 0 Å². The number of rotatable bonds is 5. The van der Waals surface area contributed by atoms with E-state index in [1.54, 1.807) is 0 Å². The van der Waals surface area contributed by atoms with Crippen molar-refractivity contribution in [2.45, 2.75) is 33.1 Å². The van der Waals surface area contributed by atoms with Crippen molar-refractivity contribution >= 4 is 27.8 Å². The molecule has 6 heteroatoms. The first-order valence-corrected chi connectivity index (χ1v) is 6.29. The van der Waals surface area contributed by atoms with E-state index in [9.17, 15) is 4.79 Å². The summed E-state index contributed by atoms with van der Waals surface area (Å²) in [7, 11) is 0. The molecular weight excluding hydrogens is 272 g/mol. The molecule has 0 aliphatic rings. The molecule has 0 radical (unpaired) electrons. The van der Waals surface area contributed by atoms with Gasteiger partial charge in [-0.1, -0.05) is 15.9 Å². The van der Waals surface area contributed by atoms with Gasteiger partial charge in [0, 0.05) is 11.8 Å². The Morgan fingerprint density at radius 3 is 2.62 bits per heavy atom. The van der Waals surface area contributed by atoms with Crippen molar-refractivity contribution in [1.29, 1.82) is 0 Å². The second kappa shape index (κ2) is 6.52. The van der Waals surface area contributed by atoms with Crippen molar-refractivity contribution in [2.24, 2.45) is 0 Å². The van der Waals surface area contributed by atoms with Crippen molar-refractivity contribution < 1.29 is 4.79 Å². The van der Waals surface area contributed by atoms with Gasteiger partial charge < -0.3 is 0 Å². The topological polar surface area (TPSA) is 67.8 Å². The van der Waals surface area contributed by atoms with Crippen LogP contribution in [0.15, 0.2) is 0 Å². The molecule has 0 bridgehead atoms. The van der Waals surface area contributed by atoms with Crippen LogP contribution in [0.4, 0.5) is 5.95 Å². The van der Waals surface area contributed by atoms with Crippen LogP contribution in [0.5, 0.6) is 0 Å². The third kappa shape index (κ3) is 4.22. The first-order chi connectivity index (χ1) is 7.63. The van der Waals surface area contributed by atoms with Gasteiger partial charge in [-0.2, -0.15) is 5.10 Å². The molecular formula is C10H15BrN4O. The summed E-state index contributed by atoms with van der Waals surface area (Å²) >= 11 is 3.32. The van der Waals surface area contributed by atoms with E-state index < -0.39 is 0 Å². The first-order valence-electron chi connectivity index (χ1n) is 5.17. The molecule has 5 nitrogen and oxygen atoms in total. The summed E-state index contributed by atoms with van der Waals surface area (Å²) < 4.78 is 0. The molecule has 0 aliphatic heterocycles. The number of aromatic nitrogens is 3. The molecule has 16 heavy (non-hydrogen) atoms. The lowest BCUT2D eigenvalue weighted by molar-refractivity contribution is -0.116. The van der Waals surface area contributed by atoms with Crippen LogP contribution in [-0.4, -0.2) is 26.4 Å². The van der Waals surface area contributed by atoms with E-state index >= 15 is 0 Å². The van der Waals surface area contributed by atoms with Crippen LogP contribution >= 0.6 is 15.9 Å². The van der Waals surface area contributed by atoms with Gasteiger partial charge in [0.1, 0.15) is 0 Å². The maximum absolute atomic E-state index is 11.4. The minimum Gasteiger partial charge on any atom is -0.293 e. The number of hydrogen-bond acceptors (Lipinski definition) is 4. The zero-order chi connectivity index (χ0) is 12.0. The quantitative estimate of drug-likeness (QED) is 0.664. The third-order valence-corrected chi connectivity index (χ3v) is 2.69. The van der Waals surface area contributed by atoms with E-state index in [0.29, 0.717) is 6.42 Å². The van der Waals surface area contributed by atoms with Gasteiger partial charge in [-0.05, 0) is 26.7 Å². The number of nitrogens with zero attached hydrogens (tertiary/aromatic N) is 3. The van der Waals surface area contributed by atoms with E-state index in [0.717, 1.165) is 29.6 Å². The van der Waals surface area contributed by atoms with Crippen LogP contribution in [0.1, 0.15) is 30.7 Å². The Labute approximate surface area is 103 Å². The molecule has 0 saturated heterocycles. The predicted molar refractivity (Wildman–Crippen MR) is 65.6 cm³/mol. The molecule has 1 amide bonds. The highest BCUT2D eigenvalue weighted by Gasteiger charge is 2.06. The molecule has 1 aromatic rings. The summed E-state index contributed by atoms with van der Waals surface area (Å²) in [4.78, 5) is 15.6. The largest absolute Gasteiger partial charge is 0.293 e. The van der Waals surface area contributed by atoms with Gasteiger partial charge in [0.15, 0.2) is 0 Å². The average molecular weight is 287 g/mol.